The minimum absolute atomic E-state index is 0.121. The first kappa shape index (κ1) is 16.2. The zero-order valence-corrected chi connectivity index (χ0v) is 11.1. The van der Waals surface area contributed by atoms with Gasteiger partial charge in [0, 0.05) is 19.7 Å². The van der Waals surface area contributed by atoms with Crippen LogP contribution in [0.25, 0.3) is 0 Å². The molecule has 17 heavy (non-hydrogen) atoms. The first-order valence-electron chi connectivity index (χ1n) is 6.48. The van der Waals surface area contributed by atoms with Gasteiger partial charge >= 0.3 is 6.03 Å². The summed E-state index contributed by atoms with van der Waals surface area (Å²) in [6.45, 7) is 7.93. The minimum Gasteiger partial charge on any atom is -0.379 e. The van der Waals surface area contributed by atoms with Crippen LogP contribution in [-0.4, -0.2) is 45.5 Å². The molecule has 2 amide bonds. The normalized spacial score (nSPS) is 10.2. The molecule has 0 spiro atoms. The van der Waals surface area contributed by atoms with E-state index in [4.69, 9.17) is 9.47 Å². The SMILES string of the molecule is CCCCNC(=O)NCCOCCOCCC. The predicted octanol–water partition coefficient (Wildman–Crippen LogP) is 1.53. The van der Waals surface area contributed by atoms with Gasteiger partial charge in [-0.3, -0.25) is 0 Å². The summed E-state index contributed by atoms with van der Waals surface area (Å²) in [5, 5.41) is 5.50. The second kappa shape index (κ2) is 13.3. The van der Waals surface area contributed by atoms with Gasteiger partial charge in [0.05, 0.1) is 19.8 Å². The molecule has 0 rings (SSSR count). The second-order valence-corrected chi connectivity index (χ2v) is 3.76. The van der Waals surface area contributed by atoms with Crippen molar-refractivity contribution < 1.29 is 14.3 Å². The first-order valence-corrected chi connectivity index (χ1v) is 6.48. The van der Waals surface area contributed by atoms with Gasteiger partial charge in [-0.1, -0.05) is 20.3 Å². The zero-order chi connectivity index (χ0) is 12.8. The van der Waals surface area contributed by atoms with E-state index in [-0.39, 0.29) is 6.03 Å². The van der Waals surface area contributed by atoms with E-state index in [2.05, 4.69) is 24.5 Å². The maximum atomic E-state index is 11.2. The topological polar surface area (TPSA) is 59.6 Å². The third-order valence-electron chi connectivity index (χ3n) is 2.07. The van der Waals surface area contributed by atoms with E-state index in [0.717, 1.165) is 32.4 Å². The van der Waals surface area contributed by atoms with Crippen LogP contribution in [0.1, 0.15) is 33.1 Å². The minimum atomic E-state index is -0.121. The van der Waals surface area contributed by atoms with Crippen molar-refractivity contribution in [3.05, 3.63) is 0 Å². The molecule has 0 heterocycles. The van der Waals surface area contributed by atoms with Crippen molar-refractivity contribution >= 4 is 6.03 Å². The lowest BCUT2D eigenvalue weighted by Crippen LogP contribution is -2.37. The van der Waals surface area contributed by atoms with Gasteiger partial charge in [-0.2, -0.15) is 0 Å². The van der Waals surface area contributed by atoms with E-state index in [1.807, 2.05) is 0 Å². The van der Waals surface area contributed by atoms with Gasteiger partial charge in [-0.15, -0.1) is 0 Å². The van der Waals surface area contributed by atoms with Crippen molar-refractivity contribution in [1.82, 2.24) is 10.6 Å². The highest BCUT2D eigenvalue weighted by Gasteiger charge is 1.97. The zero-order valence-electron chi connectivity index (χ0n) is 11.1. The lowest BCUT2D eigenvalue weighted by molar-refractivity contribution is 0.0496. The Labute approximate surface area is 104 Å². The van der Waals surface area contributed by atoms with E-state index in [9.17, 15) is 4.79 Å². The van der Waals surface area contributed by atoms with Crippen LogP contribution in [0, 0.1) is 0 Å². The molecule has 2 N–H and O–H groups in total. The molecule has 0 aliphatic carbocycles. The lowest BCUT2D eigenvalue weighted by atomic mass is 10.3. The number of rotatable bonds is 11. The van der Waals surface area contributed by atoms with Crippen LogP contribution in [0.5, 0.6) is 0 Å². The van der Waals surface area contributed by atoms with Crippen LogP contribution in [-0.2, 0) is 9.47 Å². The molecular weight excluding hydrogens is 220 g/mol. The first-order chi connectivity index (χ1) is 8.31. The third kappa shape index (κ3) is 13.1. The molecule has 0 saturated heterocycles. The van der Waals surface area contributed by atoms with Crippen LogP contribution >= 0.6 is 0 Å². The number of carbonyl (C=O) groups excluding carboxylic acids is 1. The van der Waals surface area contributed by atoms with Crippen LogP contribution in [0.3, 0.4) is 0 Å². The number of hydrogen-bond donors (Lipinski definition) is 2. The molecule has 102 valence electrons. The highest BCUT2D eigenvalue weighted by Crippen LogP contribution is 1.83. The van der Waals surface area contributed by atoms with Gasteiger partial charge in [-0.25, -0.2) is 4.79 Å². The van der Waals surface area contributed by atoms with E-state index in [0.29, 0.717) is 26.4 Å². The van der Waals surface area contributed by atoms with Crippen LogP contribution in [0.2, 0.25) is 0 Å². The van der Waals surface area contributed by atoms with Gasteiger partial charge in [0.25, 0.3) is 0 Å². The summed E-state index contributed by atoms with van der Waals surface area (Å²) in [6.07, 6.45) is 3.12. The molecule has 0 fully saturated rings. The molecule has 0 aromatic heterocycles. The fourth-order valence-electron chi connectivity index (χ4n) is 1.14. The van der Waals surface area contributed by atoms with Crippen molar-refractivity contribution in [2.45, 2.75) is 33.1 Å². The molecular formula is C12H26N2O3. The summed E-state index contributed by atoms with van der Waals surface area (Å²) < 4.78 is 10.5. The van der Waals surface area contributed by atoms with Crippen molar-refractivity contribution in [2.24, 2.45) is 0 Å². The molecule has 0 atom stereocenters. The maximum Gasteiger partial charge on any atom is 0.314 e. The average molecular weight is 246 g/mol. The molecule has 0 bridgehead atoms. The molecule has 0 aromatic rings. The van der Waals surface area contributed by atoms with Crippen LogP contribution in [0.15, 0.2) is 0 Å². The summed E-state index contributed by atoms with van der Waals surface area (Å²) in [5.74, 6) is 0. The summed E-state index contributed by atoms with van der Waals surface area (Å²) in [4.78, 5) is 11.2. The average Bonchev–Trinajstić information content (AvgIpc) is 2.33. The van der Waals surface area contributed by atoms with Crippen LogP contribution < -0.4 is 10.6 Å². The van der Waals surface area contributed by atoms with Gasteiger partial charge in [0.15, 0.2) is 0 Å². The number of unbranched alkanes of at least 4 members (excludes halogenated alkanes) is 1. The molecule has 0 aliphatic heterocycles. The van der Waals surface area contributed by atoms with Crippen molar-refractivity contribution in [3.8, 4) is 0 Å². The lowest BCUT2D eigenvalue weighted by Gasteiger charge is -2.08. The van der Waals surface area contributed by atoms with E-state index < -0.39 is 0 Å². The number of hydrogen-bond acceptors (Lipinski definition) is 3. The fourth-order valence-corrected chi connectivity index (χ4v) is 1.14. The van der Waals surface area contributed by atoms with Gasteiger partial charge in [0.2, 0.25) is 0 Å². The number of ether oxygens (including phenoxy) is 2. The van der Waals surface area contributed by atoms with Gasteiger partial charge < -0.3 is 20.1 Å². The van der Waals surface area contributed by atoms with E-state index >= 15 is 0 Å². The molecule has 0 saturated carbocycles. The molecule has 5 heteroatoms. The smallest absolute Gasteiger partial charge is 0.314 e. The summed E-state index contributed by atoms with van der Waals surface area (Å²) in [6, 6.07) is -0.121. The maximum absolute atomic E-state index is 11.2. The second-order valence-electron chi connectivity index (χ2n) is 3.76. The monoisotopic (exact) mass is 246 g/mol. The number of amides is 2. The molecule has 0 unspecified atom stereocenters. The third-order valence-corrected chi connectivity index (χ3v) is 2.07. The highest BCUT2D eigenvalue weighted by molar-refractivity contribution is 5.73. The van der Waals surface area contributed by atoms with E-state index in [1.165, 1.54) is 0 Å². The summed E-state index contributed by atoms with van der Waals surface area (Å²) >= 11 is 0. The van der Waals surface area contributed by atoms with Crippen LogP contribution in [0.4, 0.5) is 4.79 Å². The Morgan fingerprint density at radius 1 is 0.882 bits per heavy atom. The quantitative estimate of drug-likeness (QED) is 0.544. The molecule has 0 aromatic carbocycles. The Balaban J connectivity index is 3.08. The largest absolute Gasteiger partial charge is 0.379 e. The Kier molecular flexibility index (Phi) is 12.6. The van der Waals surface area contributed by atoms with Gasteiger partial charge in [-0.05, 0) is 12.8 Å². The number of nitrogens with one attached hydrogen (secondary N) is 2. The summed E-state index contributed by atoms with van der Waals surface area (Å²) in [5.41, 5.74) is 0. The Bertz CT molecular complexity index is 177. The highest BCUT2D eigenvalue weighted by atomic mass is 16.5. The van der Waals surface area contributed by atoms with Gasteiger partial charge in [0.1, 0.15) is 0 Å². The Morgan fingerprint density at radius 3 is 2.18 bits per heavy atom. The van der Waals surface area contributed by atoms with Crippen molar-refractivity contribution in [3.63, 3.8) is 0 Å². The predicted molar refractivity (Wildman–Crippen MR) is 68.2 cm³/mol. The van der Waals surface area contributed by atoms with Crippen molar-refractivity contribution in [1.29, 1.82) is 0 Å². The van der Waals surface area contributed by atoms with E-state index in [1.54, 1.807) is 0 Å². The number of urea groups is 1. The molecule has 0 aliphatic rings. The Hall–Kier alpha value is -0.810. The fraction of sp³-hybridized carbons (Fsp3) is 0.917. The molecule has 5 nitrogen and oxygen atoms in total. The number of carbonyl (C=O) groups is 1. The van der Waals surface area contributed by atoms with Crippen molar-refractivity contribution in [2.75, 3.05) is 39.5 Å². The Morgan fingerprint density at radius 2 is 1.53 bits per heavy atom. The standard InChI is InChI=1S/C12H26N2O3/c1-3-5-6-13-12(15)14-7-9-17-11-10-16-8-4-2/h3-11H2,1-2H3,(H2,13,14,15). The molecule has 0 radical (unpaired) electrons. The summed E-state index contributed by atoms with van der Waals surface area (Å²) in [7, 11) is 0.